The smallest absolute Gasteiger partial charge is 0.210 e. The average molecular weight is 240 g/mol. The molecule has 11 heavy (non-hydrogen) atoms. The van der Waals surface area contributed by atoms with E-state index in [1.165, 1.54) is 6.26 Å². The van der Waals surface area contributed by atoms with Crippen LogP contribution < -0.4 is 0 Å². The van der Waals surface area contributed by atoms with Crippen molar-refractivity contribution >= 4 is 25.8 Å². The molecule has 0 saturated carbocycles. The Balaban J connectivity index is 2.81. The highest BCUT2D eigenvalue weighted by Gasteiger charge is 2.09. The number of aromatic nitrogens is 1. The first kappa shape index (κ1) is 8.73. The summed E-state index contributed by atoms with van der Waals surface area (Å²) in [6, 6.07) is 0. The van der Waals surface area contributed by atoms with Gasteiger partial charge in [-0.05, 0) is 15.9 Å². The van der Waals surface area contributed by atoms with Crippen molar-refractivity contribution in [2.75, 3.05) is 6.26 Å². The monoisotopic (exact) mass is 239 g/mol. The Morgan fingerprint density at radius 3 is 2.73 bits per heavy atom. The van der Waals surface area contributed by atoms with E-state index >= 15 is 0 Å². The molecule has 62 valence electrons. The number of hydrogen-bond donors (Lipinski definition) is 0. The lowest BCUT2D eigenvalue weighted by Gasteiger charge is -1.89. The largest absolute Gasteiger partial charge is 0.447 e. The lowest BCUT2D eigenvalue weighted by atomic mass is 10.8. The predicted molar refractivity (Wildman–Crippen MR) is 42.8 cm³/mol. The Labute approximate surface area is 72.7 Å². The van der Waals surface area contributed by atoms with Gasteiger partial charge in [0.05, 0.1) is 0 Å². The van der Waals surface area contributed by atoms with Gasteiger partial charge in [0, 0.05) is 6.26 Å². The Bertz CT molecular complexity index is 342. The fourth-order valence-electron chi connectivity index (χ4n) is 0.579. The molecule has 0 atom stereocenters. The van der Waals surface area contributed by atoms with E-state index in [2.05, 4.69) is 20.9 Å². The van der Waals surface area contributed by atoms with Crippen LogP contribution in [0.4, 0.5) is 0 Å². The summed E-state index contributed by atoms with van der Waals surface area (Å²) >= 11 is 3.04. The standard InChI is InChI=1S/C5H6BrNO3S/c1-11(8,9)3-5-7-4(6)2-10-5/h2H,3H2,1H3. The molecule has 0 N–H and O–H groups in total. The Morgan fingerprint density at radius 2 is 2.36 bits per heavy atom. The van der Waals surface area contributed by atoms with E-state index in [-0.39, 0.29) is 11.6 Å². The van der Waals surface area contributed by atoms with Crippen molar-refractivity contribution in [2.45, 2.75) is 5.75 Å². The molecule has 0 amide bonds. The van der Waals surface area contributed by atoms with E-state index in [0.29, 0.717) is 4.60 Å². The predicted octanol–water partition coefficient (Wildman–Crippen LogP) is 0.982. The summed E-state index contributed by atoms with van der Waals surface area (Å²) in [6.07, 6.45) is 2.48. The normalized spacial score (nSPS) is 11.8. The number of hydrogen-bond acceptors (Lipinski definition) is 4. The van der Waals surface area contributed by atoms with Crippen molar-refractivity contribution < 1.29 is 12.8 Å². The molecule has 0 bridgehead atoms. The van der Waals surface area contributed by atoms with Gasteiger partial charge in [-0.2, -0.15) is 0 Å². The van der Waals surface area contributed by atoms with E-state index in [0.717, 1.165) is 6.26 Å². The van der Waals surface area contributed by atoms with Crippen LogP contribution >= 0.6 is 15.9 Å². The first-order valence-electron chi connectivity index (χ1n) is 2.75. The lowest BCUT2D eigenvalue weighted by molar-refractivity contribution is 0.508. The zero-order valence-corrected chi connectivity index (χ0v) is 8.15. The third kappa shape index (κ3) is 3.02. The van der Waals surface area contributed by atoms with Gasteiger partial charge in [0.2, 0.25) is 5.89 Å². The minimum atomic E-state index is -3.04. The van der Waals surface area contributed by atoms with Crippen LogP contribution in [0.2, 0.25) is 0 Å². The summed E-state index contributed by atoms with van der Waals surface area (Å²) in [5, 5.41) is 0. The minimum absolute atomic E-state index is 0.154. The van der Waals surface area contributed by atoms with Crippen molar-refractivity contribution in [2.24, 2.45) is 0 Å². The number of halogens is 1. The molecule has 0 spiro atoms. The quantitative estimate of drug-likeness (QED) is 0.773. The molecule has 0 aliphatic heterocycles. The number of nitrogens with zero attached hydrogens (tertiary/aromatic N) is 1. The van der Waals surface area contributed by atoms with E-state index in [1.807, 2.05) is 0 Å². The fourth-order valence-corrected chi connectivity index (χ4v) is 1.45. The fraction of sp³-hybridized carbons (Fsp3) is 0.400. The van der Waals surface area contributed by atoms with E-state index in [9.17, 15) is 8.42 Å². The van der Waals surface area contributed by atoms with Crippen molar-refractivity contribution in [3.8, 4) is 0 Å². The van der Waals surface area contributed by atoms with Crippen LogP contribution in [0.3, 0.4) is 0 Å². The van der Waals surface area contributed by atoms with Crippen molar-refractivity contribution in [1.82, 2.24) is 4.98 Å². The molecule has 0 aromatic carbocycles. The summed E-state index contributed by atoms with van der Waals surface area (Å²) in [5.74, 6) is 0.0536. The van der Waals surface area contributed by atoms with Crippen molar-refractivity contribution in [1.29, 1.82) is 0 Å². The number of sulfone groups is 1. The Kier molecular flexibility index (Phi) is 2.34. The summed E-state index contributed by atoms with van der Waals surface area (Å²) in [7, 11) is -3.04. The van der Waals surface area contributed by atoms with Crippen LogP contribution in [-0.2, 0) is 15.6 Å². The number of rotatable bonds is 2. The van der Waals surface area contributed by atoms with Crippen LogP contribution in [-0.4, -0.2) is 19.7 Å². The molecule has 4 nitrogen and oxygen atoms in total. The van der Waals surface area contributed by atoms with E-state index < -0.39 is 9.84 Å². The second-order valence-corrected chi connectivity index (χ2v) is 5.09. The van der Waals surface area contributed by atoms with Gasteiger partial charge in [-0.3, -0.25) is 0 Å². The van der Waals surface area contributed by atoms with Crippen molar-refractivity contribution in [3.63, 3.8) is 0 Å². The molecule has 0 fully saturated rings. The van der Waals surface area contributed by atoms with Crippen LogP contribution in [0.25, 0.3) is 0 Å². The van der Waals surface area contributed by atoms with Gasteiger partial charge in [-0.15, -0.1) is 0 Å². The molecule has 1 aromatic rings. The van der Waals surface area contributed by atoms with Gasteiger partial charge < -0.3 is 4.42 Å². The molecule has 0 saturated heterocycles. The minimum Gasteiger partial charge on any atom is -0.447 e. The molecule has 1 rings (SSSR count). The van der Waals surface area contributed by atoms with Gasteiger partial charge in [0.1, 0.15) is 16.6 Å². The molecule has 6 heteroatoms. The summed E-state index contributed by atoms with van der Waals surface area (Å²) < 4.78 is 26.7. The Morgan fingerprint density at radius 1 is 1.73 bits per heavy atom. The SMILES string of the molecule is CS(=O)(=O)Cc1nc(Br)co1. The third-order valence-corrected chi connectivity index (χ3v) is 2.04. The maximum Gasteiger partial charge on any atom is 0.210 e. The third-order valence-electron chi connectivity index (χ3n) is 0.909. The van der Waals surface area contributed by atoms with Crippen LogP contribution in [0.1, 0.15) is 5.89 Å². The van der Waals surface area contributed by atoms with Crippen LogP contribution in [0, 0.1) is 0 Å². The molecule has 0 unspecified atom stereocenters. The van der Waals surface area contributed by atoms with Crippen molar-refractivity contribution in [3.05, 3.63) is 16.8 Å². The van der Waals surface area contributed by atoms with Gasteiger partial charge in [-0.1, -0.05) is 0 Å². The molecule has 1 heterocycles. The zero-order valence-electron chi connectivity index (χ0n) is 5.74. The molecule has 0 aliphatic carbocycles. The summed E-state index contributed by atoms with van der Waals surface area (Å²) in [5.41, 5.74) is 0. The first-order chi connectivity index (χ1) is 4.97. The maximum atomic E-state index is 10.7. The molecule has 1 aromatic heterocycles. The molecular formula is C5H6BrNO3S. The maximum absolute atomic E-state index is 10.7. The second kappa shape index (κ2) is 2.94. The van der Waals surface area contributed by atoms with Crippen LogP contribution in [0.5, 0.6) is 0 Å². The number of oxazole rings is 1. The molecule has 0 aliphatic rings. The summed E-state index contributed by atoms with van der Waals surface area (Å²) in [6.45, 7) is 0. The van der Waals surface area contributed by atoms with Gasteiger partial charge in [-0.25, -0.2) is 13.4 Å². The second-order valence-electron chi connectivity index (χ2n) is 2.13. The van der Waals surface area contributed by atoms with Gasteiger partial charge in [0.15, 0.2) is 9.84 Å². The van der Waals surface area contributed by atoms with Crippen LogP contribution in [0.15, 0.2) is 15.3 Å². The zero-order chi connectivity index (χ0) is 8.48. The molecule has 0 radical (unpaired) electrons. The Hall–Kier alpha value is -0.360. The van der Waals surface area contributed by atoms with E-state index in [4.69, 9.17) is 4.42 Å². The van der Waals surface area contributed by atoms with E-state index in [1.54, 1.807) is 0 Å². The lowest BCUT2D eigenvalue weighted by Crippen LogP contribution is -2.00. The van der Waals surface area contributed by atoms with Gasteiger partial charge >= 0.3 is 0 Å². The first-order valence-corrected chi connectivity index (χ1v) is 5.60. The van der Waals surface area contributed by atoms with Gasteiger partial charge in [0.25, 0.3) is 0 Å². The molecular weight excluding hydrogens is 234 g/mol. The summed E-state index contributed by atoms with van der Waals surface area (Å²) in [4.78, 5) is 3.77. The highest BCUT2D eigenvalue weighted by molar-refractivity contribution is 9.10. The average Bonchev–Trinajstić information content (AvgIpc) is 2.10. The highest BCUT2D eigenvalue weighted by atomic mass is 79.9. The highest BCUT2D eigenvalue weighted by Crippen LogP contribution is 2.10. The topological polar surface area (TPSA) is 60.2 Å².